The normalized spacial score (nSPS) is 14.1. The average Bonchev–Trinajstić information content (AvgIpc) is 3.43. The first kappa shape index (κ1) is 20.1. The van der Waals surface area contributed by atoms with E-state index in [0.717, 1.165) is 29.7 Å². The summed E-state index contributed by atoms with van der Waals surface area (Å²) in [5.41, 5.74) is 2.58. The van der Waals surface area contributed by atoms with Crippen LogP contribution in [0, 0.1) is 0 Å². The molecule has 1 aliphatic carbocycles. The number of nitrogens with zero attached hydrogens (tertiary/aromatic N) is 2. The zero-order chi connectivity index (χ0) is 21.0. The number of nitrogens with one attached hydrogen (secondary N) is 2. The van der Waals surface area contributed by atoms with Crippen molar-refractivity contribution >= 4 is 22.0 Å². The predicted octanol–water partition coefficient (Wildman–Crippen LogP) is 2.64. The van der Waals surface area contributed by atoms with Gasteiger partial charge in [-0.1, -0.05) is 30.3 Å². The van der Waals surface area contributed by atoms with E-state index in [1.807, 2.05) is 36.5 Å². The van der Waals surface area contributed by atoms with E-state index < -0.39 is 10.0 Å². The van der Waals surface area contributed by atoms with E-state index in [9.17, 15) is 13.2 Å². The Morgan fingerprint density at radius 3 is 2.53 bits per heavy atom. The summed E-state index contributed by atoms with van der Waals surface area (Å²) in [6.07, 6.45) is 8.44. The van der Waals surface area contributed by atoms with E-state index in [-0.39, 0.29) is 16.8 Å². The van der Waals surface area contributed by atoms with Gasteiger partial charge in [0, 0.05) is 30.4 Å². The Labute approximate surface area is 175 Å². The molecule has 4 rings (SSSR count). The van der Waals surface area contributed by atoms with Crippen LogP contribution in [0.1, 0.15) is 24.0 Å². The molecule has 1 aliphatic rings. The maximum Gasteiger partial charge on any atom is 0.244 e. The van der Waals surface area contributed by atoms with E-state index in [0.29, 0.717) is 6.54 Å². The molecule has 0 atom stereocenters. The van der Waals surface area contributed by atoms with Crippen LogP contribution in [0.25, 0.3) is 11.8 Å². The largest absolute Gasteiger partial charge is 0.348 e. The van der Waals surface area contributed by atoms with E-state index >= 15 is 0 Å². The number of aromatic nitrogens is 2. The van der Waals surface area contributed by atoms with Crippen molar-refractivity contribution in [2.24, 2.45) is 0 Å². The molecular weight excluding hydrogens is 400 g/mol. The lowest BCUT2D eigenvalue weighted by Crippen LogP contribution is -2.25. The van der Waals surface area contributed by atoms with Gasteiger partial charge in [0.1, 0.15) is 0 Å². The van der Waals surface area contributed by atoms with E-state index in [1.54, 1.807) is 41.2 Å². The zero-order valence-corrected chi connectivity index (χ0v) is 17.0. The lowest BCUT2D eigenvalue weighted by molar-refractivity contribution is -0.116. The van der Waals surface area contributed by atoms with Crippen molar-refractivity contribution in [2.75, 3.05) is 0 Å². The first-order valence-corrected chi connectivity index (χ1v) is 11.2. The standard InChI is InChI=1S/C22H22N4O3S/c27-22(23-14-18-15-24-26(16-18)20-4-2-1-3-5-20)13-8-17-6-11-21(12-7-17)30(28,29)25-19-9-10-19/h1-8,11-13,15-16,19,25H,9-10,14H2,(H,23,27)/b13-8+. The summed E-state index contributed by atoms with van der Waals surface area (Å²) in [5.74, 6) is -0.241. The van der Waals surface area contributed by atoms with Crippen molar-refractivity contribution < 1.29 is 13.2 Å². The highest BCUT2D eigenvalue weighted by Gasteiger charge is 2.27. The van der Waals surface area contributed by atoms with Crippen LogP contribution in [-0.4, -0.2) is 30.1 Å². The molecule has 2 aromatic carbocycles. The summed E-state index contributed by atoms with van der Waals surface area (Å²) in [6, 6.07) is 16.2. The van der Waals surface area contributed by atoms with Gasteiger partial charge in [-0.3, -0.25) is 4.79 Å². The zero-order valence-electron chi connectivity index (χ0n) is 16.2. The van der Waals surface area contributed by atoms with Gasteiger partial charge in [0.2, 0.25) is 15.9 Å². The number of sulfonamides is 1. The molecule has 1 aromatic heterocycles. The molecule has 1 heterocycles. The molecule has 7 nitrogen and oxygen atoms in total. The Balaban J connectivity index is 1.30. The minimum absolute atomic E-state index is 0.0677. The number of hydrogen-bond donors (Lipinski definition) is 2. The second-order valence-electron chi connectivity index (χ2n) is 7.14. The first-order valence-electron chi connectivity index (χ1n) is 9.67. The van der Waals surface area contributed by atoms with Crippen LogP contribution in [0.4, 0.5) is 0 Å². The van der Waals surface area contributed by atoms with Crippen LogP contribution < -0.4 is 10.0 Å². The molecular formula is C22H22N4O3S. The molecule has 30 heavy (non-hydrogen) atoms. The van der Waals surface area contributed by atoms with Crippen LogP contribution in [0.5, 0.6) is 0 Å². The minimum Gasteiger partial charge on any atom is -0.348 e. The highest BCUT2D eigenvalue weighted by atomic mass is 32.2. The van der Waals surface area contributed by atoms with E-state index in [1.165, 1.54) is 6.08 Å². The summed E-state index contributed by atoms with van der Waals surface area (Å²) >= 11 is 0. The molecule has 0 bridgehead atoms. The number of hydrogen-bond acceptors (Lipinski definition) is 4. The highest BCUT2D eigenvalue weighted by molar-refractivity contribution is 7.89. The van der Waals surface area contributed by atoms with Crippen molar-refractivity contribution in [3.05, 3.63) is 84.2 Å². The molecule has 3 aromatic rings. The highest BCUT2D eigenvalue weighted by Crippen LogP contribution is 2.22. The van der Waals surface area contributed by atoms with Crippen LogP contribution in [0.15, 0.2) is 78.0 Å². The van der Waals surface area contributed by atoms with Crippen LogP contribution in [-0.2, 0) is 21.4 Å². The monoisotopic (exact) mass is 422 g/mol. The number of amides is 1. The molecule has 0 saturated heterocycles. The number of carbonyl (C=O) groups is 1. The van der Waals surface area contributed by atoms with E-state index in [4.69, 9.17) is 0 Å². The van der Waals surface area contributed by atoms with Gasteiger partial charge in [0.15, 0.2) is 0 Å². The fourth-order valence-corrected chi connectivity index (χ4v) is 4.15. The maximum atomic E-state index is 12.2. The number of para-hydroxylation sites is 1. The Morgan fingerprint density at radius 1 is 1.10 bits per heavy atom. The molecule has 8 heteroatoms. The third kappa shape index (κ3) is 5.22. The van der Waals surface area contributed by atoms with Crippen LogP contribution in [0.3, 0.4) is 0 Å². The van der Waals surface area contributed by atoms with Gasteiger partial charge in [-0.25, -0.2) is 17.8 Å². The Hall–Kier alpha value is -3.23. The average molecular weight is 423 g/mol. The van der Waals surface area contributed by atoms with Gasteiger partial charge >= 0.3 is 0 Å². The number of carbonyl (C=O) groups excluding carboxylic acids is 1. The minimum atomic E-state index is -3.46. The molecule has 2 N–H and O–H groups in total. The third-order valence-corrected chi connectivity index (χ3v) is 6.18. The topological polar surface area (TPSA) is 93.1 Å². The van der Waals surface area contributed by atoms with Crippen molar-refractivity contribution in [1.29, 1.82) is 0 Å². The van der Waals surface area contributed by atoms with E-state index in [2.05, 4.69) is 15.1 Å². The van der Waals surface area contributed by atoms with Crippen LogP contribution in [0.2, 0.25) is 0 Å². The lowest BCUT2D eigenvalue weighted by atomic mass is 10.2. The van der Waals surface area contributed by atoms with Gasteiger partial charge in [-0.2, -0.15) is 5.10 Å². The molecule has 0 spiro atoms. The SMILES string of the molecule is O=C(/C=C/c1ccc(S(=O)(=O)NC2CC2)cc1)NCc1cnn(-c2ccccc2)c1. The van der Waals surface area contributed by atoms with Gasteiger partial charge in [0.05, 0.1) is 16.8 Å². The van der Waals surface area contributed by atoms with Crippen molar-refractivity contribution in [3.8, 4) is 5.69 Å². The van der Waals surface area contributed by atoms with Gasteiger partial charge < -0.3 is 5.32 Å². The lowest BCUT2D eigenvalue weighted by Gasteiger charge is -2.05. The molecule has 0 unspecified atom stereocenters. The summed E-state index contributed by atoms with van der Waals surface area (Å²) in [7, 11) is -3.46. The predicted molar refractivity (Wildman–Crippen MR) is 114 cm³/mol. The van der Waals surface area contributed by atoms with Crippen LogP contribution >= 0.6 is 0 Å². The Morgan fingerprint density at radius 2 is 1.83 bits per heavy atom. The van der Waals surface area contributed by atoms with Gasteiger partial charge in [0.25, 0.3) is 0 Å². The molecule has 1 amide bonds. The summed E-state index contributed by atoms with van der Waals surface area (Å²) in [5, 5.41) is 7.11. The number of rotatable bonds is 8. The maximum absolute atomic E-state index is 12.2. The fraction of sp³-hybridized carbons (Fsp3) is 0.182. The second-order valence-corrected chi connectivity index (χ2v) is 8.86. The molecule has 154 valence electrons. The molecule has 1 fully saturated rings. The third-order valence-electron chi connectivity index (χ3n) is 4.64. The Kier molecular flexibility index (Phi) is 5.78. The van der Waals surface area contributed by atoms with Gasteiger partial charge in [-0.15, -0.1) is 0 Å². The second kappa shape index (κ2) is 8.64. The van der Waals surface area contributed by atoms with Crippen molar-refractivity contribution in [1.82, 2.24) is 19.8 Å². The summed E-state index contributed by atoms with van der Waals surface area (Å²) in [6.45, 7) is 0.361. The van der Waals surface area contributed by atoms with Gasteiger partial charge in [-0.05, 0) is 48.7 Å². The van der Waals surface area contributed by atoms with Crippen molar-refractivity contribution in [2.45, 2.75) is 30.3 Å². The summed E-state index contributed by atoms with van der Waals surface area (Å²) in [4.78, 5) is 12.3. The quantitative estimate of drug-likeness (QED) is 0.546. The van der Waals surface area contributed by atoms with Crippen molar-refractivity contribution in [3.63, 3.8) is 0 Å². The Bertz CT molecular complexity index is 1150. The first-order chi connectivity index (χ1) is 14.5. The fourth-order valence-electron chi connectivity index (χ4n) is 2.84. The smallest absolute Gasteiger partial charge is 0.244 e. The molecule has 1 saturated carbocycles. The summed E-state index contributed by atoms with van der Waals surface area (Å²) < 4.78 is 28.7. The molecule has 0 radical (unpaired) electrons. The number of benzene rings is 2. The molecule has 0 aliphatic heterocycles.